The summed E-state index contributed by atoms with van der Waals surface area (Å²) in [6, 6.07) is 0. The van der Waals surface area contributed by atoms with Gasteiger partial charge in [0.2, 0.25) is 0 Å². The first-order valence-corrected chi connectivity index (χ1v) is 2.87. The number of nitrogens with one attached hydrogen (secondary N) is 1. The van der Waals surface area contributed by atoms with Crippen LogP contribution in [-0.4, -0.2) is 24.7 Å². The molecule has 15 heavy (non-hydrogen) atoms. The monoisotopic (exact) mass is 247 g/mol. The summed E-state index contributed by atoms with van der Waals surface area (Å²) in [5.41, 5.74) is 0. The Labute approximate surface area is 76.0 Å². The topological polar surface area (TPSA) is 38.3 Å². The van der Waals surface area contributed by atoms with Crippen molar-refractivity contribution in [3.05, 3.63) is 0 Å². The van der Waals surface area contributed by atoms with E-state index in [0.717, 1.165) is 0 Å². The van der Waals surface area contributed by atoms with Gasteiger partial charge in [-0.25, -0.2) is 4.79 Å². The molecule has 0 aliphatic rings. The Kier molecular flexibility index (Phi) is 3.51. The maximum absolute atomic E-state index is 11.9. The van der Waals surface area contributed by atoms with Gasteiger partial charge >= 0.3 is 24.7 Å². The first-order valence-electron chi connectivity index (χ1n) is 2.87. The zero-order chi connectivity index (χ0) is 12.5. The summed E-state index contributed by atoms with van der Waals surface area (Å²) < 4.78 is 93.7. The number of esters is 1. The molecular formula is C4HF8NO2. The molecule has 0 aliphatic carbocycles. The predicted octanol–water partition coefficient (Wildman–Crippen LogP) is 1.75. The number of ether oxygens (including phenoxy) is 1. The third-order valence-electron chi connectivity index (χ3n) is 0.740. The SMILES string of the molecule is O=C(OC(F)(F)NC(F)(F)F)C(F)(F)F. The summed E-state index contributed by atoms with van der Waals surface area (Å²) in [6.45, 7) is 0. The zero-order valence-corrected chi connectivity index (χ0v) is 6.34. The van der Waals surface area contributed by atoms with Crippen LogP contribution in [0.25, 0.3) is 0 Å². The average molecular weight is 247 g/mol. The summed E-state index contributed by atoms with van der Waals surface area (Å²) in [5.74, 6) is -3.44. The Morgan fingerprint density at radius 3 is 1.60 bits per heavy atom. The van der Waals surface area contributed by atoms with Gasteiger partial charge in [-0.3, -0.25) is 0 Å². The van der Waals surface area contributed by atoms with Crippen molar-refractivity contribution in [1.82, 2.24) is 5.32 Å². The minimum atomic E-state index is -5.81. The molecule has 0 amide bonds. The molecule has 3 nitrogen and oxygen atoms in total. The van der Waals surface area contributed by atoms with Crippen LogP contribution in [0.5, 0.6) is 0 Å². The molecule has 0 aromatic carbocycles. The molecule has 1 N–H and O–H groups in total. The summed E-state index contributed by atoms with van der Waals surface area (Å²) in [6.07, 6.45) is -17.0. The molecule has 0 rings (SSSR count). The van der Waals surface area contributed by atoms with Crippen LogP contribution in [0, 0.1) is 0 Å². The van der Waals surface area contributed by atoms with Crippen molar-refractivity contribution in [2.24, 2.45) is 0 Å². The molecular weight excluding hydrogens is 246 g/mol. The van der Waals surface area contributed by atoms with E-state index in [1.54, 1.807) is 0 Å². The smallest absolute Gasteiger partial charge is 0.381 e. The van der Waals surface area contributed by atoms with Gasteiger partial charge in [0.05, 0.1) is 0 Å². The number of hydrogen-bond acceptors (Lipinski definition) is 3. The van der Waals surface area contributed by atoms with Crippen molar-refractivity contribution in [2.45, 2.75) is 18.7 Å². The highest BCUT2D eigenvalue weighted by molar-refractivity contribution is 5.75. The Morgan fingerprint density at radius 2 is 1.33 bits per heavy atom. The van der Waals surface area contributed by atoms with Crippen LogP contribution in [0.4, 0.5) is 35.1 Å². The van der Waals surface area contributed by atoms with E-state index in [1.165, 1.54) is 0 Å². The van der Waals surface area contributed by atoms with Gasteiger partial charge in [0.1, 0.15) is 0 Å². The minimum Gasteiger partial charge on any atom is -0.381 e. The van der Waals surface area contributed by atoms with Crippen molar-refractivity contribution >= 4 is 5.97 Å². The Hall–Kier alpha value is -1.13. The summed E-state index contributed by atoms with van der Waals surface area (Å²) in [7, 11) is 0. The van der Waals surface area contributed by atoms with Gasteiger partial charge in [-0.05, 0) is 0 Å². The Bertz CT molecular complexity index is 242. The summed E-state index contributed by atoms with van der Waals surface area (Å²) in [4.78, 5) is 9.73. The van der Waals surface area contributed by atoms with E-state index in [-0.39, 0.29) is 0 Å². The molecule has 0 fully saturated rings. The highest BCUT2D eigenvalue weighted by Gasteiger charge is 2.51. The van der Waals surface area contributed by atoms with Gasteiger partial charge < -0.3 is 4.74 Å². The molecule has 0 saturated heterocycles. The van der Waals surface area contributed by atoms with Crippen LogP contribution in [-0.2, 0) is 9.53 Å². The van der Waals surface area contributed by atoms with Crippen LogP contribution < -0.4 is 5.32 Å². The van der Waals surface area contributed by atoms with Crippen molar-refractivity contribution < 1.29 is 44.7 Å². The lowest BCUT2D eigenvalue weighted by atomic mass is 10.7. The summed E-state index contributed by atoms with van der Waals surface area (Å²) in [5, 5.41) is -0.578. The molecule has 0 saturated carbocycles. The van der Waals surface area contributed by atoms with E-state index < -0.39 is 30.0 Å². The second-order valence-electron chi connectivity index (χ2n) is 2.03. The van der Waals surface area contributed by atoms with Crippen LogP contribution >= 0.6 is 0 Å². The molecule has 11 heteroatoms. The Balaban J connectivity index is 4.46. The molecule has 0 radical (unpaired) electrons. The molecule has 0 aromatic rings. The van der Waals surface area contributed by atoms with Crippen molar-refractivity contribution in [3.8, 4) is 0 Å². The van der Waals surface area contributed by atoms with E-state index in [2.05, 4.69) is 4.74 Å². The number of carbonyl (C=O) groups excluding carboxylic acids is 1. The Morgan fingerprint density at radius 1 is 0.933 bits per heavy atom. The van der Waals surface area contributed by atoms with Crippen molar-refractivity contribution in [1.29, 1.82) is 0 Å². The first-order chi connectivity index (χ1) is 6.33. The fourth-order valence-corrected chi connectivity index (χ4v) is 0.365. The molecule has 0 atom stereocenters. The number of carbonyl (C=O) groups is 1. The fraction of sp³-hybridized carbons (Fsp3) is 0.750. The fourth-order valence-electron chi connectivity index (χ4n) is 0.365. The van der Waals surface area contributed by atoms with Crippen LogP contribution in [0.15, 0.2) is 0 Å². The molecule has 0 spiro atoms. The number of rotatable bonds is 2. The largest absolute Gasteiger partial charge is 0.491 e. The molecule has 0 unspecified atom stereocenters. The number of alkyl halides is 8. The van der Waals surface area contributed by atoms with Gasteiger partial charge in [0, 0.05) is 0 Å². The van der Waals surface area contributed by atoms with Gasteiger partial charge in [0.25, 0.3) is 0 Å². The van der Waals surface area contributed by atoms with Crippen molar-refractivity contribution in [2.75, 3.05) is 0 Å². The van der Waals surface area contributed by atoms with E-state index in [1.807, 2.05) is 0 Å². The molecule has 90 valence electrons. The molecule has 0 heterocycles. The second-order valence-corrected chi connectivity index (χ2v) is 2.03. The van der Waals surface area contributed by atoms with E-state index in [4.69, 9.17) is 0 Å². The zero-order valence-electron chi connectivity index (χ0n) is 6.34. The highest BCUT2D eigenvalue weighted by atomic mass is 19.4. The molecule has 0 aliphatic heterocycles. The average Bonchev–Trinajstić information content (AvgIpc) is 1.76. The van der Waals surface area contributed by atoms with Crippen LogP contribution in [0.3, 0.4) is 0 Å². The first kappa shape index (κ1) is 13.9. The van der Waals surface area contributed by atoms with E-state index in [0.29, 0.717) is 0 Å². The van der Waals surface area contributed by atoms with Gasteiger partial charge in [0.15, 0.2) is 0 Å². The van der Waals surface area contributed by atoms with E-state index in [9.17, 15) is 39.9 Å². The maximum atomic E-state index is 11.9. The lowest BCUT2D eigenvalue weighted by Crippen LogP contribution is -2.50. The lowest BCUT2D eigenvalue weighted by molar-refractivity contribution is -0.319. The van der Waals surface area contributed by atoms with Gasteiger partial charge in [-0.15, -0.1) is 14.1 Å². The normalized spacial score (nSPS) is 13.9. The number of halogens is 8. The highest BCUT2D eigenvalue weighted by Crippen LogP contribution is 2.25. The third-order valence-corrected chi connectivity index (χ3v) is 0.740. The van der Waals surface area contributed by atoms with Crippen LogP contribution in [0.2, 0.25) is 0 Å². The predicted molar refractivity (Wildman–Crippen MR) is 26.3 cm³/mol. The van der Waals surface area contributed by atoms with E-state index >= 15 is 0 Å². The van der Waals surface area contributed by atoms with Crippen molar-refractivity contribution in [3.63, 3.8) is 0 Å². The number of hydrogen-bond donors (Lipinski definition) is 1. The van der Waals surface area contributed by atoms with Gasteiger partial charge in [-0.1, -0.05) is 0 Å². The standard InChI is InChI=1S/C4HF8NO2/c5-2(6,7)1(14)15-4(11,12)13-3(8,9)10/h13H. The summed E-state index contributed by atoms with van der Waals surface area (Å²) >= 11 is 0. The second kappa shape index (κ2) is 3.79. The molecule has 0 aromatic heterocycles. The lowest BCUT2D eigenvalue weighted by Gasteiger charge is -2.19. The quantitative estimate of drug-likeness (QED) is 0.349. The maximum Gasteiger partial charge on any atom is 0.491 e. The third kappa shape index (κ3) is 6.04. The molecule has 0 bridgehead atoms. The van der Waals surface area contributed by atoms with Crippen LogP contribution in [0.1, 0.15) is 0 Å². The minimum absolute atomic E-state index is 0.578. The van der Waals surface area contributed by atoms with Gasteiger partial charge in [-0.2, -0.15) is 26.3 Å².